The first-order chi connectivity index (χ1) is 7.99. The van der Waals surface area contributed by atoms with E-state index in [4.69, 9.17) is 5.11 Å². The van der Waals surface area contributed by atoms with Crippen LogP contribution in [0.1, 0.15) is 26.2 Å². The number of hydrogen-bond acceptors (Lipinski definition) is 3. The zero-order valence-electron chi connectivity index (χ0n) is 10.2. The molecule has 0 spiro atoms. The molecule has 1 rings (SSSR count). The topological polar surface area (TPSA) is 78.4 Å². The van der Waals surface area contributed by atoms with Gasteiger partial charge in [-0.05, 0) is 32.7 Å². The van der Waals surface area contributed by atoms with Crippen LogP contribution in [0, 0.1) is 5.41 Å². The molecule has 1 heterocycles. The van der Waals surface area contributed by atoms with Crippen LogP contribution in [0.5, 0.6) is 0 Å². The van der Waals surface area contributed by atoms with E-state index in [2.05, 4.69) is 17.2 Å². The third-order valence-electron chi connectivity index (χ3n) is 3.15. The Morgan fingerprint density at radius 1 is 1.65 bits per heavy atom. The fraction of sp³-hybridized carbons (Fsp3) is 0.667. The van der Waals surface area contributed by atoms with Crippen molar-refractivity contribution in [2.24, 2.45) is 5.41 Å². The Morgan fingerprint density at radius 3 is 2.82 bits per heavy atom. The van der Waals surface area contributed by atoms with Gasteiger partial charge in [-0.2, -0.15) is 0 Å². The molecule has 1 aliphatic rings. The Balaban J connectivity index is 2.62. The quantitative estimate of drug-likeness (QED) is 0.612. The second-order valence-corrected chi connectivity index (χ2v) is 4.73. The second-order valence-electron chi connectivity index (χ2n) is 4.73. The molecule has 5 heteroatoms. The maximum absolute atomic E-state index is 12.1. The van der Waals surface area contributed by atoms with Gasteiger partial charge in [0.1, 0.15) is 6.04 Å². The molecule has 2 atom stereocenters. The molecular formula is C12H20N2O3. The van der Waals surface area contributed by atoms with E-state index in [1.54, 1.807) is 0 Å². The molecular weight excluding hydrogens is 220 g/mol. The van der Waals surface area contributed by atoms with Crippen molar-refractivity contribution in [3.05, 3.63) is 12.7 Å². The third-order valence-corrected chi connectivity index (χ3v) is 3.15. The number of piperidine rings is 1. The average molecular weight is 240 g/mol. The fourth-order valence-electron chi connectivity index (χ4n) is 1.97. The molecule has 1 fully saturated rings. The van der Waals surface area contributed by atoms with Crippen LogP contribution in [0.3, 0.4) is 0 Å². The van der Waals surface area contributed by atoms with Crippen molar-refractivity contribution in [1.82, 2.24) is 10.6 Å². The van der Waals surface area contributed by atoms with Crippen LogP contribution in [0.2, 0.25) is 0 Å². The van der Waals surface area contributed by atoms with E-state index in [1.165, 1.54) is 6.08 Å². The maximum atomic E-state index is 12.1. The van der Waals surface area contributed by atoms with Gasteiger partial charge in [-0.15, -0.1) is 6.58 Å². The van der Waals surface area contributed by atoms with Gasteiger partial charge in [0.15, 0.2) is 0 Å². The first-order valence-corrected chi connectivity index (χ1v) is 5.85. The lowest BCUT2D eigenvalue weighted by Crippen LogP contribution is -2.52. The van der Waals surface area contributed by atoms with Crippen LogP contribution < -0.4 is 10.6 Å². The van der Waals surface area contributed by atoms with Crippen molar-refractivity contribution in [2.45, 2.75) is 32.2 Å². The summed E-state index contributed by atoms with van der Waals surface area (Å²) in [6.45, 7) is 6.87. The maximum Gasteiger partial charge on any atom is 0.326 e. The summed E-state index contributed by atoms with van der Waals surface area (Å²) in [5.74, 6) is -1.22. The minimum atomic E-state index is -1.02. The normalized spacial score (nSPS) is 25.9. The van der Waals surface area contributed by atoms with E-state index < -0.39 is 17.4 Å². The number of hydrogen-bond donors (Lipinski definition) is 3. The zero-order valence-corrected chi connectivity index (χ0v) is 10.2. The molecule has 0 aromatic heterocycles. The van der Waals surface area contributed by atoms with Crippen molar-refractivity contribution < 1.29 is 14.7 Å². The molecule has 0 aromatic rings. The number of carboxylic acid groups (broad SMARTS) is 1. The highest BCUT2D eigenvalue weighted by Crippen LogP contribution is 2.25. The third kappa shape index (κ3) is 3.56. The van der Waals surface area contributed by atoms with Crippen LogP contribution in [0.15, 0.2) is 12.7 Å². The average Bonchev–Trinajstić information content (AvgIpc) is 2.29. The van der Waals surface area contributed by atoms with E-state index in [9.17, 15) is 9.59 Å². The largest absolute Gasteiger partial charge is 0.480 e. The van der Waals surface area contributed by atoms with Crippen molar-refractivity contribution in [3.8, 4) is 0 Å². The minimum absolute atomic E-state index is 0.195. The summed E-state index contributed by atoms with van der Waals surface area (Å²) in [4.78, 5) is 23.0. The Labute approximate surface area is 101 Å². The number of nitrogens with one attached hydrogen (secondary N) is 2. The molecule has 2 unspecified atom stereocenters. The molecule has 1 saturated heterocycles. The Bertz CT molecular complexity index is 309. The standard InChI is InChI=1S/C12H20N2O3/c1-3-5-9(10(15)16)14-11(17)12(2)6-4-7-13-8-12/h3,9,13H,1,4-8H2,2H3,(H,14,17)(H,15,16). The van der Waals surface area contributed by atoms with Gasteiger partial charge in [0.2, 0.25) is 5.91 Å². The van der Waals surface area contributed by atoms with Gasteiger partial charge in [0.25, 0.3) is 0 Å². The smallest absolute Gasteiger partial charge is 0.326 e. The first kappa shape index (κ1) is 13.7. The summed E-state index contributed by atoms with van der Waals surface area (Å²) in [7, 11) is 0. The Hall–Kier alpha value is -1.36. The number of amides is 1. The van der Waals surface area contributed by atoms with Gasteiger partial charge in [0.05, 0.1) is 5.41 Å². The molecule has 5 nitrogen and oxygen atoms in total. The van der Waals surface area contributed by atoms with Gasteiger partial charge in [-0.25, -0.2) is 4.79 Å². The van der Waals surface area contributed by atoms with Gasteiger partial charge >= 0.3 is 5.97 Å². The Kier molecular flexibility index (Phi) is 4.69. The minimum Gasteiger partial charge on any atom is -0.480 e. The predicted molar refractivity (Wildman–Crippen MR) is 64.6 cm³/mol. The van der Waals surface area contributed by atoms with Crippen molar-refractivity contribution in [1.29, 1.82) is 0 Å². The molecule has 0 bridgehead atoms. The molecule has 0 radical (unpaired) electrons. The highest BCUT2D eigenvalue weighted by molar-refractivity contribution is 5.87. The highest BCUT2D eigenvalue weighted by atomic mass is 16.4. The van der Waals surface area contributed by atoms with Crippen LogP contribution in [0.4, 0.5) is 0 Å². The molecule has 0 saturated carbocycles. The summed E-state index contributed by atoms with van der Waals surface area (Å²) in [5, 5.41) is 14.7. The summed E-state index contributed by atoms with van der Waals surface area (Å²) < 4.78 is 0. The van der Waals surface area contributed by atoms with Crippen LogP contribution >= 0.6 is 0 Å². The van der Waals surface area contributed by atoms with Crippen molar-refractivity contribution >= 4 is 11.9 Å². The lowest BCUT2D eigenvalue weighted by Gasteiger charge is -2.33. The Morgan fingerprint density at radius 2 is 2.35 bits per heavy atom. The molecule has 0 aliphatic carbocycles. The van der Waals surface area contributed by atoms with Crippen LogP contribution in [0.25, 0.3) is 0 Å². The fourth-order valence-corrected chi connectivity index (χ4v) is 1.97. The van der Waals surface area contributed by atoms with Crippen LogP contribution in [-0.2, 0) is 9.59 Å². The van der Waals surface area contributed by atoms with Gasteiger partial charge in [0, 0.05) is 6.54 Å². The number of rotatable bonds is 5. The lowest BCUT2D eigenvalue weighted by atomic mass is 9.81. The summed E-state index contributed by atoms with van der Waals surface area (Å²) in [6.07, 6.45) is 3.46. The summed E-state index contributed by atoms with van der Waals surface area (Å²) >= 11 is 0. The second kappa shape index (κ2) is 5.82. The van der Waals surface area contributed by atoms with E-state index in [-0.39, 0.29) is 12.3 Å². The number of carboxylic acids is 1. The number of aliphatic carboxylic acids is 1. The molecule has 1 aliphatic heterocycles. The highest BCUT2D eigenvalue weighted by Gasteiger charge is 2.36. The molecule has 3 N–H and O–H groups in total. The summed E-state index contributed by atoms with van der Waals surface area (Å²) in [5.41, 5.74) is -0.507. The SMILES string of the molecule is C=CCC(NC(=O)C1(C)CCCNC1)C(=O)O. The van der Waals surface area contributed by atoms with E-state index in [0.29, 0.717) is 6.54 Å². The van der Waals surface area contributed by atoms with Crippen molar-refractivity contribution in [3.63, 3.8) is 0 Å². The monoisotopic (exact) mass is 240 g/mol. The number of carbonyl (C=O) groups is 2. The van der Waals surface area contributed by atoms with E-state index >= 15 is 0 Å². The molecule has 0 aromatic carbocycles. The number of carbonyl (C=O) groups excluding carboxylic acids is 1. The van der Waals surface area contributed by atoms with Crippen molar-refractivity contribution in [2.75, 3.05) is 13.1 Å². The molecule has 1 amide bonds. The van der Waals surface area contributed by atoms with Gasteiger partial charge in [-0.1, -0.05) is 6.08 Å². The molecule has 96 valence electrons. The van der Waals surface area contributed by atoms with Gasteiger partial charge in [-0.3, -0.25) is 4.79 Å². The first-order valence-electron chi connectivity index (χ1n) is 5.85. The van der Waals surface area contributed by atoms with Gasteiger partial charge < -0.3 is 15.7 Å². The predicted octanol–water partition coefficient (Wildman–Crippen LogP) is 0.522. The lowest BCUT2D eigenvalue weighted by molar-refractivity contribution is -0.143. The summed E-state index contributed by atoms with van der Waals surface area (Å²) in [6, 6.07) is -0.876. The zero-order chi connectivity index (χ0) is 12.9. The molecule has 17 heavy (non-hydrogen) atoms. The van der Waals surface area contributed by atoms with Crippen LogP contribution in [-0.4, -0.2) is 36.1 Å². The van der Waals surface area contributed by atoms with E-state index in [0.717, 1.165) is 19.4 Å². The van der Waals surface area contributed by atoms with E-state index in [1.807, 2.05) is 6.92 Å².